The first-order chi connectivity index (χ1) is 9.58. The van der Waals surface area contributed by atoms with Gasteiger partial charge in [-0.2, -0.15) is 5.10 Å². The van der Waals surface area contributed by atoms with E-state index in [1.807, 2.05) is 0 Å². The Morgan fingerprint density at radius 1 is 1.45 bits per heavy atom. The Morgan fingerprint density at radius 2 is 2.15 bits per heavy atom. The van der Waals surface area contributed by atoms with Gasteiger partial charge in [-0.15, -0.1) is 0 Å². The number of aromatic carboxylic acids is 1. The van der Waals surface area contributed by atoms with Crippen LogP contribution in [0.4, 0.5) is 0 Å². The molecule has 0 saturated carbocycles. The highest BCUT2D eigenvalue weighted by Crippen LogP contribution is 2.18. The van der Waals surface area contributed by atoms with Gasteiger partial charge in [0, 0.05) is 13.6 Å². The fraction of sp³-hybridized carbons (Fsp3) is 0.714. The first-order valence-electron chi connectivity index (χ1n) is 7.21. The van der Waals surface area contributed by atoms with E-state index in [9.17, 15) is 4.79 Å². The molecule has 1 aromatic rings. The van der Waals surface area contributed by atoms with E-state index in [1.54, 1.807) is 11.7 Å². The lowest BCUT2D eigenvalue weighted by Crippen LogP contribution is -2.31. The van der Waals surface area contributed by atoms with E-state index in [0.717, 1.165) is 24.6 Å². The van der Waals surface area contributed by atoms with Crippen molar-refractivity contribution in [3.8, 4) is 0 Å². The van der Waals surface area contributed by atoms with Crippen LogP contribution >= 0.6 is 0 Å². The second-order valence-corrected chi connectivity index (χ2v) is 5.65. The zero-order valence-electron chi connectivity index (χ0n) is 12.3. The van der Waals surface area contributed by atoms with Crippen LogP contribution < -0.4 is 5.32 Å². The van der Waals surface area contributed by atoms with Crippen LogP contribution in [0.5, 0.6) is 0 Å². The molecule has 0 unspecified atom stereocenters. The smallest absolute Gasteiger partial charge is 0.339 e. The van der Waals surface area contributed by atoms with E-state index >= 15 is 0 Å². The summed E-state index contributed by atoms with van der Waals surface area (Å²) < 4.78 is 1.63. The molecule has 0 spiro atoms. The highest BCUT2D eigenvalue weighted by Gasteiger charge is 2.17. The first-order valence-corrected chi connectivity index (χ1v) is 7.21. The summed E-state index contributed by atoms with van der Waals surface area (Å²) >= 11 is 0. The van der Waals surface area contributed by atoms with Crippen molar-refractivity contribution >= 4 is 5.97 Å². The van der Waals surface area contributed by atoms with Gasteiger partial charge in [-0.1, -0.05) is 0 Å². The van der Waals surface area contributed by atoms with Crippen molar-refractivity contribution in [1.29, 1.82) is 0 Å². The van der Waals surface area contributed by atoms with Gasteiger partial charge in [-0.3, -0.25) is 4.68 Å². The van der Waals surface area contributed by atoms with Gasteiger partial charge in [0.1, 0.15) is 5.56 Å². The van der Waals surface area contributed by atoms with Gasteiger partial charge in [-0.25, -0.2) is 4.79 Å². The largest absolute Gasteiger partial charge is 0.478 e. The highest BCUT2D eigenvalue weighted by atomic mass is 16.4. The Kier molecular flexibility index (Phi) is 5.14. The average Bonchev–Trinajstić information content (AvgIpc) is 2.78. The van der Waals surface area contributed by atoms with Gasteiger partial charge < -0.3 is 15.3 Å². The van der Waals surface area contributed by atoms with E-state index in [-0.39, 0.29) is 0 Å². The number of nitrogens with one attached hydrogen (secondary N) is 1. The second kappa shape index (κ2) is 6.85. The van der Waals surface area contributed by atoms with E-state index in [2.05, 4.69) is 22.4 Å². The van der Waals surface area contributed by atoms with Crippen LogP contribution in [0.25, 0.3) is 0 Å². The summed E-state index contributed by atoms with van der Waals surface area (Å²) in [5, 5.41) is 16.4. The summed E-state index contributed by atoms with van der Waals surface area (Å²) in [4.78, 5) is 13.4. The molecule has 1 saturated heterocycles. The molecule has 20 heavy (non-hydrogen) atoms. The number of hydrogen-bond acceptors (Lipinski definition) is 4. The summed E-state index contributed by atoms with van der Waals surface area (Å²) in [7, 11) is 3.95. The number of hydrogen-bond donors (Lipinski definition) is 2. The molecular formula is C14H24N4O2. The summed E-state index contributed by atoms with van der Waals surface area (Å²) in [5.74, 6) is -0.116. The second-order valence-electron chi connectivity index (χ2n) is 5.65. The van der Waals surface area contributed by atoms with Crippen molar-refractivity contribution in [1.82, 2.24) is 20.0 Å². The van der Waals surface area contributed by atoms with Crippen LogP contribution in [0.1, 0.15) is 35.3 Å². The SMILES string of the molecule is CN1CCC(CCNCc2c(C(=O)O)cnn2C)CC1. The molecule has 0 aliphatic carbocycles. The van der Waals surface area contributed by atoms with Crippen molar-refractivity contribution in [2.45, 2.75) is 25.8 Å². The minimum atomic E-state index is -0.912. The van der Waals surface area contributed by atoms with Crippen LogP contribution in [0.2, 0.25) is 0 Å². The first kappa shape index (κ1) is 15.0. The highest BCUT2D eigenvalue weighted by molar-refractivity contribution is 5.88. The van der Waals surface area contributed by atoms with Crippen molar-refractivity contribution in [3.63, 3.8) is 0 Å². The third kappa shape index (κ3) is 3.80. The molecule has 0 amide bonds. The fourth-order valence-corrected chi connectivity index (χ4v) is 2.71. The molecule has 6 nitrogen and oxygen atoms in total. The lowest BCUT2D eigenvalue weighted by molar-refractivity contribution is 0.0695. The molecule has 1 fully saturated rings. The minimum Gasteiger partial charge on any atom is -0.478 e. The lowest BCUT2D eigenvalue weighted by Gasteiger charge is -2.28. The maximum Gasteiger partial charge on any atom is 0.339 e. The Bertz CT molecular complexity index is 450. The molecule has 0 atom stereocenters. The number of piperidine rings is 1. The number of aryl methyl sites for hydroxylation is 1. The van der Waals surface area contributed by atoms with Crippen LogP contribution in [-0.4, -0.2) is 52.4 Å². The summed E-state index contributed by atoms with van der Waals surface area (Å²) in [6, 6.07) is 0. The number of aromatic nitrogens is 2. The molecule has 2 N–H and O–H groups in total. The third-order valence-electron chi connectivity index (χ3n) is 4.15. The molecule has 112 valence electrons. The minimum absolute atomic E-state index is 0.291. The zero-order valence-corrected chi connectivity index (χ0v) is 12.3. The number of nitrogens with zero attached hydrogens (tertiary/aromatic N) is 3. The van der Waals surface area contributed by atoms with Crippen LogP contribution in [0.15, 0.2) is 6.20 Å². The Hall–Kier alpha value is -1.40. The van der Waals surface area contributed by atoms with Crippen molar-refractivity contribution in [2.75, 3.05) is 26.7 Å². The molecule has 0 aromatic carbocycles. The molecule has 6 heteroatoms. The molecule has 2 heterocycles. The maximum absolute atomic E-state index is 11.1. The van der Waals surface area contributed by atoms with Crippen molar-refractivity contribution in [3.05, 3.63) is 17.5 Å². The van der Waals surface area contributed by atoms with E-state index in [0.29, 0.717) is 12.1 Å². The van der Waals surface area contributed by atoms with Crippen LogP contribution in [0.3, 0.4) is 0 Å². The Morgan fingerprint density at radius 3 is 2.80 bits per heavy atom. The molecule has 1 aliphatic heterocycles. The molecule has 0 radical (unpaired) electrons. The van der Waals surface area contributed by atoms with Gasteiger partial charge in [0.25, 0.3) is 0 Å². The summed E-state index contributed by atoms with van der Waals surface area (Å²) in [6.07, 6.45) is 5.11. The molecule has 1 aromatic heterocycles. The van der Waals surface area contributed by atoms with Crippen LogP contribution in [0, 0.1) is 5.92 Å². The average molecular weight is 280 g/mol. The zero-order chi connectivity index (χ0) is 14.5. The van der Waals surface area contributed by atoms with E-state index in [1.165, 1.54) is 32.1 Å². The Balaban J connectivity index is 1.73. The van der Waals surface area contributed by atoms with Gasteiger partial charge in [-0.05, 0) is 51.9 Å². The predicted octanol–water partition coefficient (Wildman–Crippen LogP) is 0.940. The monoisotopic (exact) mass is 280 g/mol. The van der Waals surface area contributed by atoms with Gasteiger partial charge in [0.2, 0.25) is 0 Å². The van der Waals surface area contributed by atoms with Crippen LogP contribution in [-0.2, 0) is 13.6 Å². The van der Waals surface area contributed by atoms with E-state index < -0.39 is 5.97 Å². The predicted molar refractivity (Wildman–Crippen MR) is 76.7 cm³/mol. The third-order valence-corrected chi connectivity index (χ3v) is 4.15. The topological polar surface area (TPSA) is 70.4 Å². The van der Waals surface area contributed by atoms with E-state index in [4.69, 9.17) is 5.11 Å². The number of carboxylic acids is 1. The number of rotatable bonds is 6. The van der Waals surface area contributed by atoms with Gasteiger partial charge in [0.05, 0.1) is 11.9 Å². The number of carbonyl (C=O) groups is 1. The molecule has 2 rings (SSSR count). The molecule has 1 aliphatic rings. The Labute approximate surface area is 119 Å². The lowest BCUT2D eigenvalue weighted by atomic mass is 9.94. The standard InChI is InChI=1S/C14H24N4O2/c1-17-7-4-11(5-8-17)3-6-15-10-13-12(14(19)20)9-16-18(13)2/h9,11,15H,3-8,10H2,1-2H3,(H,19,20). The molecular weight excluding hydrogens is 256 g/mol. The maximum atomic E-state index is 11.1. The number of likely N-dealkylation sites (tertiary alicyclic amines) is 1. The summed E-state index contributed by atoms with van der Waals surface area (Å²) in [5.41, 5.74) is 1.03. The quantitative estimate of drug-likeness (QED) is 0.759. The fourth-order valence-electron chi connectivity index (χ4n) is 2.71. The van der Waals surface area contributed by atoms with Gasteiger partial charge >= 0.3 is 5.97 Å². The molecule has 0 bridgehead atoms. The van der Waals surface area contributed by atoms with Crippen molar-refractivity contribution in [2.24, 2.45) is 13.0 Å². The van der Waals surface area contributed by atoms with Gasteiger partial charge in [0.15, 0.2) is 0 Å². The normalized spacial score (nSPS) is 17.5. The number of carboxylic acid groups (broad SMARTS) is 1. The van der Waals surface area contributed by atoms with Crippen molar-refractivity contribution < 1.29 is 9.90 Å². The summed E-state index contributed by atoms with van der Waals surface area (Å²) in [6.45, 7) is 3.87.